The van der Waals surface area contributed by atoms with Gasteiger partial charge in [-0.15, -0.1) is 0 Å². The van der Waals surface area contributed by atoms with Gasteiger partial charge in [0.15, 0.2) is 0 Å². The Morgan fingerprint density at radius 3 is 2.24 bits per heavy atom. The van der Waals surface area contributed by atoms with Crippen molar-refractivity contribution < 1.29 is 4.39 Å². The molecule has 0 saturated carbocycles. The van der Waals surface area contributed by atoms with Gasteiger partial charge in [0, 0.05) is 28.7 Å². The molecule has 0 atom stereocenters. The normalized spacial score (nSPS) is 11.9. The zero-order valence-electron chi connectivity index (χ0n) is 11.8. The van der Waals surface area contributed by atoms with Crippen molar-refractivity contribution in [2.75, 3.05) is 10.7 Å². The van der Waals surface area contributed by atoms with E-state index < -0.39 is 0 Å². The lowest BCUT2D eigenvalue weighted by atomic mass is 9.79. The summed E-state index contributed by atoms with van der Waals surface area (Å²) in [5.41, 5.74) is 2.82. The van der Waals surface area contributed by atoms with Gasteiger partial charge in [0.05, 0.1) is 5.69 Å². The second-order valence-corrected chi connectivity index (χ2v) is 6.69. The first-order valence-corrected chi connectivity index (χ1v) is 9.11. The van der Waals surface area contributed by atoms with Crippen LogP contribution in [0.25, 0.3) is 0 Å². The molecule has 0 aliphatic carbocycles. The summed E-state index contributed by atoms with van der Waals surface area (Å²) < 4.78 is 14.9. The van der Waals surface area contributed by atoms with Gasteiger partial charge in [0.25, 0.3) is 0 Å². The summed E-state index contributed by atoms with van der Waals surface area (Å²) in [5.74, 6) is -0.229. The number of rotatable bonds is 5. The van der Waals surface area contributed by atoms with Crippen LogP contribution < -0.4 is 0 Å². The highest BCUT2D eigenvalue weighted by molar-refractivity contribution is 9.09. The number of benzene rings is 1. The summed E-state index contributed by atoms with van der Waals surface area (Å²) in [4.78, 5) is 0. The average molecular weight is 439 g/mol. The van der Waals surface area contributed by atoms with Gasteiger partial charge in [-0.1, -0.05) is 55.6 Å². The molecule has 2 nitrogen and oxygen atoms in total. The fraction of sp³-hybridized carbons (Fsp3) is 0.400. The molecule has 0 radical (unpaired) electrons. The van der Waals surface area contributed by atoms with Crippen molar-refractivity contribution in [1.82, 2.24) is 9.78 Å². The van der Waals surface area contributed by atoms with Crippen LogP contribution >= 0.6 is 43.5 Å². The Hall–Kier alpha value is -0.390. The van der Waals surface area contributed by atoms with E-state index in [9.17, 15) is 4.39 Å². The van der Waals surface area contributed by atoms with E-state index in [4.69, 9.17) is 11.6 Å². The number of aryl methyl sites for hydroxylation is 2. The van der Waals surface area contributed by atoms with Gasteiger partial charge in [-0.05, 0) is 31.0 Å². The van der Waals surface area contributed by atoms with E-state index in [1.807, 2.05) is 26.1 Å². The minimum Gasteiger partial charge on any atom is -0.257 e. The highest BCUT2D eigenvalue weighted by atomic mass is 79.9. The van der Waals surface area contributed by atoms with Crippen LogP contribution in [0.5, 0.6) is 0 Å². The van der Waals surface area contributed by atoms with Gasteiger partial charge in [0.1, 0.15) is 11.0 Å². The highest BCUT2D eigenvalue weighted by Crippen LogP contribution is 2.35. The Bertz CT molecular complexity index is 621. The molecule has 0 saturated heterocycles. The van der Waals surface area contributed by atoms with E-state index >= 15 is 0 Å². The second kappa shape index (κ2) is 6.80. The molecule has 1 aromatic heterocycles. The number of hydrogen-bond donors (Lipinski definition) is 0. The summed E-state index contributed by atoms with van der Waals surface area (Å²) in [7, 11) is 1.83. The summed E-state index contributed by atoms with van der Waals surface area (Å²) in [6.07, 6.45) is 0.730. The standard InChI is InChI=1S/C15H16Br2ClFN2/c1-10-13(14(18)21(2)20-10)7-15(8-16,9-17)11-3-5-12(19)6-4-11/h3-6H,7-9H2,1-2H3. The number of hydrogen-bond acceptors (Lipinski definition) is 1. The van der Waals surface area contributed by atoms with Gasteiger partial charge in [-0.3, -0.25) is 4.68 Å². The topological polar surface area (TPSA) is 17.8 Å². The second-order valence-electron chi connectivity index (χ2n) is 5.21. The van der Waals surface area contributed by atoms with Crippen molar-refractivity contribution in [3.8, 4) is 0 Å². The molecule has 2 rings (SSSR count). The first kappa shape index (κ1) is 17.0. The van der Waals surface area contributed by atoms with Crippen LogP contribution in [0.2, 0.25) is 5.15 Å². The van der Waals surface area contributed by atoms with E-state index in [1.54, 1.807) is 4.68 Å². The molecule has 0 amide bonds. The zero-order valence-corrected chi connectivity index (χ0v) is 15.8. The van der Waals surface area contributed by atoms with Crippen LogP contribution in [0.1, 0.15) is 16.8 Å². The SMILES string of the molecule is Cc1nn(C)c(Cl)c1CC(CBr)(CBr)c1ccc(F)cc1. The molecule has 114 valence electrons. The number of halogens is 4. The van der Waals surface area contributed by atoms with E-state index in [0.29, 0.717) is 5.15 Å². The Morgan fingerprint density at radius 2 is 1.81 bits per heavy atom. The molecular weight excluding hydrogens is 422 g/mol. The molecule has 0 aliphatic heterocycles. The Balaban J connectivity index is 2.45. The third-order valence-electron chi connectivity index (χ3n) is 3.75. The summed E-state index contributed by atoms with van der Waals surface area (Å²) in [6.45, 7) is 1.96. The molecule has 1 aromatic carbocycles. The van der Waals surface area contributed by atoms with Gasteiger partial charge in [-0.25, -0.2) is 4.39 Å². The van der Waals surface area contributed by atoms with E-state index in [0.717, 1.165) is 33.9 Å². The third-order valence-corrected chi connectivity index (χ3v) is 6.37. The molecule has 2 aromatic rings. The molecule has 0 bridgehead atoms. The van der Waals surface area contributed by atoms with Crippen LogP contribution in [0.3, 0.4) is 0 Å². The molecule has 0 N–H and O–H groups in total. The largest absolute Gasteiger partial charge is 0.257 e. The average Bonchev–Trinajstić information content (AvgIpc) is 2.72. The van der Waals surface area contributed by atoms with Gasteiger partial charge < -0.3 is 0 Å². The van der Waals surface area contributed by atoms with Crippen molar-refractivity contribution in [3.63, 3.8) is 0 Å². The van der Waals surface area contributed by atoms with Crippen molar-refractivity contribution in [2.24, 2.45) is 7.05 Å². The summed E-state index contributed by atoms with van der Waals surface area (Å²) >= 11 is 13.6. The molecule has 0 unspecified atom stereocenters. The van der Waals surface area contributed by atoms with Gasteiger partial charge in [-0.2, -0.15) is 5.10 Å². The number of aromatic nitrogens is 2. The molecular formula is C15H16Br2ClFN2. The highest BCUT2D eigenvalue weighted by Gasteiger charge is 2.33. The Morgan fingerprint density at radius 1 is 1.24 bits per heavy atom. The lowest BCUT2D eigenvalue weighted by Crippen LogP contribution is -2.33. The molecule has 1 heterocycles. The molecule has 0 fully saturated rings. The van der Waals surface area contributed by atoms with Crippen molar-refractivity contribution in [1.29, 1.82) is 0 Å². The quantitative estimate of drug-likeness (QED) is 0.614. The Kier molecular flexibility index (Phi) is 5.49. The fourth-order valence-corrected chi connectivity index (χ4v) is 4.62. The fourth-order valence-electron chi connectivity index (χ4n) is 2.40. The van der Waals surface area contributed by atoms with E-state index in [1.165, 1.54) is 12.1 Å². The maximum atomic E-state index is 13.2. The van der Waals surface area contributed by atoms with Crippen LogP contribution in [-0.4, -0.2) is 20.4 Å². The maximum Gasteiger partial charge on any atom is 0.130 e. The summed E-state index contributed by atoms with van der Waals surface area (Å²) in [6, 6.07) is 6.65. The first-order valence-electron chi connectivity index (χ1n) is 6.49. The van der Waals surface area contributed by atoms with Gasteiger partial charge >= 0.3 is 0 Å². The Labute approximate surface area is 145 Å². The van der Waals surface area contributed by atoms with Crippen LogP contribution in [0.4, 0.5) is 4.39 Å². The monoisotopic (exact) mass is 436 g/mol. The third kappa shape index (κ3) is 3.35. The minimum atomic E-state index is -0.229. The van der Waals surface area contributed by atoms with Crippen molar-refractivity contribution in [2.45, 2.75) is 18.8 Å². The van der Waals surface area contributed by atoms with Crippen LogP contribution in [0, 0.1) is 12.7 Å². The molecule has 6 heteroatoms. The molecule has 21 heavy (non-hydrogen) atoms. The smallest absolute Gasteiger partial charge is 0.130 e. The zero-order chi connectivity index (χ0) is 15.6. The predicted molar refractivity (Wildman–Crippen MR) is 92.3 cm³/mol. The molecule has 0 aliphatic rings. The van der Waals surface area contributed by atoms with Crippen LogP contribution in [-0.2, 0) is 18.9 Å². The molecule has 0 spiro atoms. The lowest BCUT2D eigenvalue weighted by Gasteiger charge is -2.31. The van der Waals surface area contributed by atoms with Crippen molar-refractivity contribution in [3.05, 3.63) is 52.1 Å². The lowest BCUT2D eigenvalue weighted by molar-refractivity contribution is 0.546. The maximum absolute atomic E-state index is 13.2. The minimum absolute atomic E-state index is 0.203. The van der Waals surface area contributed by atoms with Crippen LogP contribution in [0.15, 0.2) is 24.3 Å². The van der Waals surface area contributed by atoms with E-state index in [2.05, 4.69) is 37.0 Å². The van der Waals surface area contributed by atoms with Gasteiger partial charge in [0.2, 0.25) is 0 Å². The number of nitrogens with zero attached hydrogens (tertiary/aromatic N) is 2. The summed E-state index contributed by atoms with van der Waals surface area (Å²) in [5, 5.41) is 6.49. The number of alkyl halides is 2. The predicted octanol–water partition coefficient (Wildman–Crippen LogP) is 4.79. The van der Waals surface area contributed by atoms with E-state index in [-0.39, 0.29) is 11.2 Å². The first-order chi connectivity index (χ1) is 9.93. The van der Waals surface area contributed by atoms with Crippen molar-refractivity contribution >= 4 is 43.5 Å².